The van der Waals surface area contributed by atoms with Gasteiger partial charge in [-0.25, -0.2) is 17.6 Å². The number of nitrogens with one attached hydrogen (secondary N) is 1. The summed E-state index contributed by atoms with van der Waals surface area (Å²) < 4.78 is 77.1. The lowest BCUT2D eigenvalue weighted by Crippen LogP contribution is -2.48. The van der Waals surface area contributed by atoms with Crippen molar-refractivity contribution in [3.63, 3.8) is 0 Å². The van der Waals surface area contributed by atoms with Crippen LogP contribution in [0, 0.1) is 5.82 Å². The predicted octanol–water partition coefficient (Wildman–Crippen LogP) is 1.95. The van der Waals surface area contributed by atoms with Gasteiger partial charge in [-0.1, -0.05) is 0 Å². The van der Waals surface area contributed by atoms with E-state index in [0.29, 0.717) is 51.3 Å². The van der Waals surface area contributed by atoms with Gasteiger partial charge in [0.05, 0.1) is 11.9 Å². The lowest BCUT2D eigenvalue weighted by Gasteiger charge is -2.28. The quantitative estimate of drug-likeness (QED) is 0.352. The van der Waals surface area contributed by atoms with E-state index in [0.717, 1.165) is 0 Å². The van der Waals surface area contributed by atoms with E-state index in [2.05, 4.69) is 5.32 Å². The molecular weight excluding hydrogens is 498 g/mol. The molecule has 1 amide bonds. The Morgan fingerprint density at radius 1 is 1.14 bits per heavy atom. The molecule has 0 saturated carbocycles. The average molecular weight is 530 g/mol. The number of carbonyl (C=O) groups is 2. The summed E-state index contributed by atoms with van der Waals surface area (Å²) in [6, 6.07) is 5.29. The third-order valence-electron chi connectivity index (χ3n) is 4.73. The van der Waals surface area contributed by atoms with Crippen molar-refractivity contribution in [2.45, 2.75) is 32.5 Å². The van der Waals surface area contributed by atoms with Crippen molar-refractivity contribution in [3.05, 3.63) is 35.6 Å². The fraction of sp³-hybridized carbons (Fsp3) is 0.619. The van der Waals surface area contributed by atoms with Gasteiger partial charge in [0.1, 0.15) is 5.82 Å². The van der Waals surface area contributed by atoms with Crippen LogP contribution in [0.1, 0.15) is 30.6 Å². The molecule has 0 aliphatic carbocycles. The molecule has 0 spiro atoms. The number of hydrogen-bond acceptors (Lipinski definition) is 6. The second-order valence-corrected chi connectivity index (χ2v) is 9.93. The number of aliphatic carboxylic acids is 1. The molecule has 200 valence electrons. The molecule has 1 aromatic carbocycles. The highest BCUT2D eigenvalue weighted by molar-refractivity contribution is 7.89. The monoisotopic (exact) mass is 529 g/mol. The van der Waals surface area contributed by atoms with Crippen molar-refractivity contribution < 1.29 is 45.4 Å². The summed E-state index contributed by atoms with van der Waals surface area (Å²) >= 11 is 0. The number of carbonyl (C=O) groups excluding carboxylic acids is 1. The number of carboxylic acid groups (broad SMARTS) is 1. The van der Waals surface area contributed by atoms with E-state index in [-0.39, 0.29) is 24.3 Å². The minimum atomic E-state index is -5.08. The largest absolute Gasteiger partial charge is 0.490 e. The summed E-state index contributed by atoms with van der Waals surface area (Å²) in [6.07, 6.45) is -4.40. The molecular formula is C21H31F4N3O6S. The van der Waals surface area contributed by atoms with Crippen LogP contribution in [0.2, 0.25) is 0 Å². The highest BCUT2D eigenvalue weighted by atomic mass is 32.2. The van der Waals surface area contributed by atoms with Gasteiger partial charge >= 0.3 is 12.1 Å². The van der Waals surface area contributed by atoms with Crippen LogP contribution in [0.4, 0.5) is 17.6 Å². The summed E-state index contributed by atoms with van der Waals surface area (Å²) in [4.78, 5) is 23.2. The van der Waals surface area contributed by atoms with E-state index in [9.17, 15) is 30.8 Å². The molecule has 1 heterocycles. The van der Waals surface area contributed by atoms with Crippen molar-refractivity contribution in [3.8, 4) is 0 Å². The molecule has 0 radical (unpaired) electrons. The number of halogens is 4. The van der Waals surface area contributed by atoms with E-state index in [1.807, 2.05) is 13.8 Å². The second kappa shape index (κ2) is 14.3. The van der Waals surface area contributed by atoms with Crippen LogP contribution in [0.25, 0.3) is 0 Å². The molecule has 0 bridgehead atoms. The van der Waals surface area contributed by atoms with E-state index >= 15 is 0 Å². The van der Waals surface area contributed by atoms with Crippen LogP contribution in [0.3, 0.4) is 0 Å². The van der Waals surface area contributed by atoms with Crippen LogP contribution in [-0.4, -0.2) is 98.5 Å². The number of ether oxygens (including phenoxy) is 1. The first-order valence-electron chi connectivity index (χ1n) is 10.9. The van der Waals surface area contributed by atoms with Gasteiger partial charge in [0.25, 0.3) is 5.91 Å². The van der Waals surface area contributed by atoms with Gasteiger partial charge in [0.15, 0.2) is 0 Å². The molecule has 1 aromatic rings. The predicted molar refractivity (Wildman–Crippen MR) is 120 cm³/mol. The Morgan fingerprint density at radius 3 is 2.17 bits per heavy atom. The summed E-state index contributed by atoms with van der Waals surface area (Å²) in [7, 11) is -3.44. The number of nitrogens with zero attached hydrogens (tertiary/aromatic N) is 2. The Morgan fingerprint density at radius 2 is 1.69 bits per heavy atom. The number of sulfonamides is 1. The maximum absolute atomic E-state index is 13.2. The van der Waals surface area contributed by atoms with Crippen LogP contribution in [0.15, 0.2) is 24.3 Å². The molecule has 1 fully saturated rings. The van der Waals surface area contributed by atoms with E-state index in [1.165, 1.54) is 33.5 Å². The zero-order chi connectivity index (χ0) is 26.6. The average Bonchev–Trinajstić information content (AvgIpc) is 2.79. The topological polar surface area (TPSA) is 116 Å². The molecule has 1 aliphatic heterocycles. The highest BCUT2D eigenvalue weighted by Gasteiger charge is 2.38. The number of benzene rings is 1. The minimum absolute atomic E-state index is 0.0875. The molecule has 1 aliphatic rings. The Bertz CT molecular complexity index is 905. The lowest BCUT2D eigenvalue weighted by molar-refractivity contribution is -0.192. The molecule has 0 aromatic heterocycles. The van der Waals surface area contributed by atoms with Crippen LogP contribution in [-0.2, 0) is 19.6 Å². The van der Waals surface area contributed by atoms with Gasteiger partial charge in [-0.15, -0.1) is 0 Å². The molecule has 35 heavy (non-hydrogen) atoms. The number of piperazine rings is 1. The fourth-order valence-corrected chi connectivity index (χ4v) is 4.39. The van der Waals surface area contributed by atoms with Crippen molar-refractivity contribution in [1.82, 2.24) is 14.5 Å². The number of hydrogen-bond donors (Lipinski definition) is 2. The van der Waals surface area contributed by atoms with Crippen molar-refractivity contribution in [1.29, 1.82) is 0 Å². The summed E-state index contributed by atoms with van der Waals surface area (Å²) in [5.74, 6) is -3.62. The molecule has 14 heteroatoms. The van der Waals surface area contributed by atoms with Crippen LogP contribution < -0.4 is 5.32 Å². The smallest absolute Gasteiger partial charge is 0.475 e. The summed E-state index contributed by atoms with van der Waals surface area (Å²) in [6.45, 7) is 6.95. The first-order valence-corrected chi connectivity index (χ1v) is 12.5. The zero-order valence-electron chi connectivity index (χ0n) is 19.6. The molecule has 1 saturated heterocycles. The standard InChI is InChI=1S/C19H30FN3O4S.C2HF3O2/c1-16(2)27-14-3-10-22(19(24)17-4-6-18(20)7-5-17)13-15-28(25,26)23-11-8-21-9-12-23;3-2(4,5)1(6)7/h4-7,16,21H,3,8-15H2,1-2H3;(H,6,7). The Kier molecular flexibility index (Phi) is 12.6. The van der Waals surface area contributed by atoms with Gasteiger partial charge in [-0.3, -0.25) is 4.79 Å². The van der Waals surface area contributed by atoms with Crippen molar-refractivity contribution in [2.24, 2.45) is 0 Å². The fourth-order valence-electron chi connectivity index (χ4n) is 2.94. The zero-order valence-corrected chi connectivity index (χ0v) is 20.4. The van der Waals surface area contributed by atoms with Gasteiger partial charge in [-0.05, 0) is 44.5 Å². The maximum Gasteiger partial charge on any atom is 0.490 e. The number of rotatable bonds is 10. The SMILES string of the molecule is CC(C)OCCCN(CCS(=O)(=O)N1CCNCC1)C(=O)c1ccc(F)cc1.O=C(O)C(F)(F)F. The molecule has 9 nitrogen and oxygen atoms in total. The number of amides is 1. The second-order valence-electron chi connectivity index (χ2n) is 7.84. The minimum Gasteiger partial charge on any atom is -0.475 e. The van der Waals surface area contributed by atoms with Crippen LogP contribution in [0.5, 0.6) is 0 Å². The molecule has 0 atom stereocenters. The summed E-state index contributed by atoms with van der Waals surface area (Å²) in [5, 5.41) is 10.2. The van der Waals surface area contributed by atoms with Crippen molar-refractivity contribution in [2.75, 3.05) is 51.6 Å². The lowest BCUT2D eigenvalue weighted by atomic mass is 10.2. The molecule has 2 rings (SSSR count). The highest BCUT2D eigenvalue weighted by Crippen LogP contribution is 2.13. The van der Waals surface area contributed by atoms with Gasteiger partial charge in [0, 0.05) is 51.4 Å². The number of carboxylic acids is 1. The van der Waals surface area contributed by atoms with Gasteiger partial charge in [-0.2, -0.15) is 17.5 Å². The van der Waals surface area contributed by atoms with E-state index in [1.54, 1.807) is 0 Å². The molecule has 2 N–H and O–H groups in total. The first-order chi connectivity index (χ1) is 16.2. The first kappa shape index (κ1) is 30.7. The Labute approximate surface area is 202 Å². The Balaban J connectivity index is 0.000000762. The van der Waals surface area contributed by atoms with E-state index < -0.39 is 28.0 Å². The Hall–Kier alpha value is -2.29. The number of alkyl halides is 3. The van der Waals surface area contributed by atoms with E-state index in [4.69, 9.17) is 14.6 Å². The third kappa shape index (κ3) is 11.8. The van der Waals surface area contributed by atoms with Crippen molar-refractivity contribution >= 4 is 21.9 Å². The summed E-state index contributed by atoms with van der Waals surface area (Å²) in [5.41, 5.74) is 0.339. The third-order valence-corrected chi connectivity index (χ3v) is 6.58. The van der Waals surface area contributed by atoms with Gasteiger partial charge < -0.3 is 20.1 Å². The normalized spacial score (nSPS) is 14.8. The van der Waals surface area contributed by atoms with Gasteiger partial charge in [0.2, 0.25) is 10.0 Å². The maximum atomic E-state index is 13.2. The van der Waals surface area contributed by atoms with Crippen LogP contribution >= 0.6 is 0 Å². The molecule has 0 unspecified atom stereocenters.